The lowest BCUT2D eigenvalue weighted by Gasteiger charge is -2.08. The topological polar surface area (TPSA) is 112 Å². The summed E-state index contributed by atoms with van der Waals surface area (Å²) in [6, 6.07) is 0. The molecule has 0 spiro atoms. The number of nitrogens with one attached hydrogen (secondary N) is 1. The highest BCUT2D eigenvalue weighted by Crippen LogP contribution is 1.86. The summed E-state index contributed by atoms with van der Waals surface area (Å²) in [4.78, 5) is 10.8. The van der Waals surface area contributed by atoms with Crippen molar-refractivity contribution in [3.63, 3.8) is 0 Å². The van der Waals surface area contributed by atoms with Crippen LogP contribution < -0.4 is 5.32 Å². The lowest BCUT2D eigenvalue weighted by molar-refractivity contribution is -0.0231. The van der Waals surface area contributed by atoms with Gasteiger partial charge in [-0.25, -0.2) is 4.79 Å². The third-order valence-electron chi connectivity index (χ3n) is 3.33. The van der Waals surface area contributed by atoms with Crippen LogP contribution in [0.3, 0.4) is 0 Å². The number of carbonyl (C=O) groups excluding carboxylic acids is 1. The third kappa shape index (κ3) is 25.0. The fourth-order valence-corrected chi connectivity index (χ4v) is 1.83. The highest BCUT2D eigenvalue weighted by atomic mass is 16.6. The van der Waals surface area contributed by atoms with Crippen LogP contribution in [0.25, 0.3) is 0 Å². The minimum Gasteiger partial charge on any atom is -0.447 e. The quantitative estimate of drug-likeness (QED) is 0.207. The van der Waals surface area contributed by atoms with E-state index in [9.17, 15) is 4.79 Å². The molecule has 0 radical (unpaired) electrons. The molecule has 0 aliphatic carbocycles. The Hall–Kier alpha value is -1.05. The average Bonchev–Trinajstić information content (AvgIpc) is 2.76. The SMILES string of the molecule is CNC(=O)OCCOCCOCCOCCOCCOCCOCCOCCOC. The van der Waals surface area contributed by atoms with Crippen LogP contribution in [-0.2, 0) is 42.6 Å². The van der Waals surface area contributed by atoms with Gasteiger partial charge in [-0.15, -0.1) is 0 Å². The van der Waals surface area contributed by atoms with Crippen LogP contribution in [0.5, 0.6) is 0 Å². The zero-order valence-corrected chi connectivity index (χ0v) is 18.4. The van der Waals surface area contributed by atoms with Crippen molar-refractivity contribution >= 4 is 6.09 Å². The largest absolute Gasteiger partial charge is 0.447 e. The second kappa shape index (κ2) is 26.0. The van der Waals surface area contributed by atoms with Gasteiger partial charge in [-0.1, -0.05) is 0 Å². The molecule has 0 atom stereocenters. The number of hydrogen-bond acceptors (Lipinski definition) is 10. The number of ether oxygens (including phenoxy) is 9. The lowest BCUT2D eigenvalue weighted by atomic mass is 10.6. The zero-order valence-electron chi connectivity index (χ0n) is 18.4. The maximum absolute atomic E-state index is 10.8. The molecule has 0 saturated carbocycles. The molecule has 1 amide bonds. The molecule has 0 bridgehead atoms. The Morgan fingerprint density at radius 1 is 0.500 bits per heavy atom. The van der Waals surface area contributed by atoms with Gasteiger partial charge in [-0.2, -0.15) is 0 Å². The molecule has 0 unspecified atom stereocenters. The smallest absolute Gasteiger partial charge is 0.406 e. The Morgan fingerprint density at radius 3 is 1.03 bits per heavy atom. The molecule has 11 nitrogen and oxygen atoms in total. The van der Waals surface area contributed by atoms with Gasteiger partial charge in [0.25, 0.3) is 0 Å². The molecule has 11 heteroatoms. The Labute approximate surface area is 179 Å². The van der Waals surface area contributed by atoms with Gasteiger partial charge < -0.3 is 47.9 Å². The molecule has 0 aromatic carbocycles. The maximum atomic E-state index is 10.8. The van der Waals surface area contributed by atoms with Crippen LogP contribution >= 0.6 is 0 Å². The van der Waals surface area contributed by atoms with Gasteiger partial charge in [-0.05, 0) is 0 Å². The first-order valence-corrected chi connectivity index (χ1v) is 10.2. The van der Waals surface area contributed by atoms with Crippen molar-refractivity contribution < 1.29 is 47.4 Å². The van der Waals surface area contributed by atoms with E-state index < -0.39 is 6.09 Å². The molecule has 0 aliphatic heterocycles. The summed E-state index contributed by atoms with van der Waals surface area (Å²) in [6.45, 7) is 7.81. The first-order chi connectivity index (χ1) is 14.8. The molecule has 0 aromatic rings. The van der Waals surface area contributed by atoms with Crippen molar-refractivity contribution in [2.24, 2.45) is 0 Å². The van der Waals surface area contributed by atoms with Crippen molar-refractivity contribution in [1.82, 2.24) is 5.32 Å². The van der Waals surface area contributed by atoms with Gasteiger partial charge in [0.1, 0.15) is 6.61 Å². The molecule has 0 aromatic heterocycles. The van der Waals surface area contributed by atoms with E-state index in [4.69, 9.17) is 42.6 Å². The highest BCUT2D eigenvalue weighted by Gasteiger charge is 1.97. The molecule has 0 aliphatic rings. The van der Waals surface area contributed by atoms with Gasteiger partial charge in [0.2, 0.25) is 0 Å². The fraction of sp³-hybridized carbons (Fsp3) is 0.947. The molecule has 30 heavy (non-hydrogen) atoms. The van der Waals surface area contributed by atoms with Gasteiger partial charge in [0, 0.05) is 14.2 Å². The second-order valence-corrected chi connectivity index (χ2v) is 5.67. The van der Waals surface area contributed by atoms with Crippen molar-refractivity contribution in [2.75, 3.05) is 120 Å². The van der Waals surface area contributed by atoms with Crippen molar-refractivity contribution in [1.29, 1.82) is 0 Å². The van der Waals surface area contributed by atoms with E-state index in [-0.39, 0.29) is 6.61 Å². The number of carbonyl (C=O) groups is 1. The second-order valence-electron chi connectivity index (χ2n) is 5.67. The van der Waals surface area contributed by atoms with E-state index in [0.29, 0.717) is 99.1 Å². The first kappa shape index (κ1) is 28.9. The summed E-state index contributed by atoms with van der Waals surface area (Å²) in [7, 11) is 3.14. The molecular formula is C19H39NO10. The molecule has 0 rings (SSSR count). The number of alkyl carbamates (subject to hydrolysis) is 1. The number of rotatable bonds is 24. The maximum Gasteiger partial charge on any atom is 0.406 e. The Bertz CT molecular complexity index is 349. The molecule has 1 N–H and O–H groups in total. The number of hydrogen-bond donors (Lipinski definition) is 1. The molecule has 0 heterocycles. The third-order valence-corrected chi connectivity index (χ3v) is 3.33. The summed E-state index contributed by atoms with van der Waals surface area (Å²) in [6.07, 6.45) is -0.468. The summed E-state index contributed by atoms with van der Waals surface area (Å²) in [5, 5.41) is 2.35. The van der Waals surface area contributed by atoms with Crippen LogP contribution in [0.2, 0.25) is 0 Å². The normalized spacial score (nSPS) is 11.0. The van der Waals surface area contributed by atoms with E-state index in [2.05, 4.69) is 5.32 Å². The van der Waals surface area contributed by atoms with Gasteiger partial charge in [-0.3, -0.25) is 0 Å². The summed E-state index contributed by atoms with van der Waals surface area (Å²) in [5.41, 5.74) is 0. The van der Waals surface area contributed by atoms with E-state index in [1.807, 2.05) is 0 Å². The van der Waals surface area contributed by atoms with E-state index in [1.165, 1.54) is 7.05 Å². The molecule has 180 valence electrons. The zero-order chi connectivity index (χ0) is 22.0. The van der Waals surface area contributed by atoms with E-state index >= 15 is 0 Å². The van der Waals surface area contributed by atoms with Crippen LogP contribution in [0.15, 0.2) is 0 Å². The van der Waals surface area contributed by atoms with Gasteiger partial charge in [0.05, 0.1) is 99.1 Å². The Balaban J connectivity index is 3.01. The van der Waals surface area contributed by atoms with Gasteiger partial charge in [0.15, 0.2) is 0 Å². The predicted octanol–water partition coefficient (Wildman–Crippen LogP) is 0.105. The summed E-state index contributed by atoms with van der Waals surface area (Å²) in [5.74, 6) is 0. The van der Waals surface area contributed by atoms with E-state index in [1.54, 1.807) is 7.11 Å². The summed E-state index contributed by atoms with van der Waals surface area (Å²) < 4.78 is 47.0. The predicted molar refractivity (Wildman–Crippen MR) is 108 cm³/mol. The van der Waals surface area contributed by atoms with Crippen molar-refractivity contribution in [3.05, 3.63) is 0 Å². The van der Waals surface area contributed by atoms with Crippen molar-refractivity contribution in [2.45, 2.75) is 0 Å². The monoisotopic (exact) mass is 441 g/mol. The minimum absolute atomic E-state index is 0.215. The highest BCUT2D eigenvalue weighted by molar-refractivity contribution is 5.66. The van der Waals surface area contributed by atoms with Gasteiger partial charge >= 0.3 is 6.09 Å². The molecular weight excluding hydrogens is 402 g/mol. The molecule has 0 fully saturated rings. The fourth-order valence-electron chi connectivity index (χ4n) is 1.83. The Morgan fingerprint density at radius 2 is 0.767 bits per heavy atom. The number of amides is 1. The van der Waals surface area contributed by atoms with Crippen LogP contribution in [-0.4, -0.2) is 126 Å². The first-order valence-electron chi connectivity index (χ1n) is 10.2. The van der Waals surface area contributed by atoms with Crippen molar-refractivity contribution in [3.8, 4) is 0 Å². The number of methoxy groups -OCH3 is 1. The lowest BCUT2D eigenvalue weighted by Crippen LogP contribution is -2.21. The standard InChI is InChI=1S/C19H39NO10/c1-20-19(21)30-18-17-29-16-15-28-14-13-27-12-11-26-10-9-25-8-7-24-6-5-23-4-3-22-2/h3-18H2,1-2H3,(H,20,21). The van der Waals surface area contributed by atoms with Crippen LogP contribution in [0, 0.1) is 0 Å². The minimum atomic E-state index is -0.468. The summed E-state index contributed by atoms with van der Waals surface area (Å²) >= 11 is 0. The van der Waals surface area contributed by atoms with Crippen LogP contribution in [0.4, 0.5) is 4.79 Å². The Kier molecular flexibility index (Phi) is 25.1. The van der Waals surface area contributed by atoms with Crippen LogP contribution in [0.1, 0.15) is 0 Å². The molecule has 0 saturated heterocycles. The van der Waals surface area contributed by atoms with E-state index in [0.717, 1.165) is 0 Å². The average molecular weight is 442 g/mol.